The van der Waals surface area contributed by atoms with Gasteiger partial charge < -0.3 is 19.9 Å². The molecule has 8 heteroatoms. The number of hydrogen-bond acceptors (Lipinski definition) is 5. The van der Waals surface area contributed by atoms with Crippen LogP contribution in [0.2, 0.25) is 0 Å². The molecule has 174 valence electrons. The summed E-state index contributed by atoms with van der Waals surface area (Å²) in [7, 11) is 2.03. The Morgan fingerprint density at radius 3 is 2.42 bits per heavy atom. The van der Waals surface area contributed by atoms with E-state index >= 15 is 0 Å². The molecule has 1 N–H and O–H groups in total. The maximum atomic E-state index is 13.2. The van der Waals surface area contributed by atoms with Crippen molar-refractivity contribution in [3.63, 3.8) is 0 Å². The van der Waals surface area contributed by atoms with Crippen LogP contribution in [0.3, 0.4) is 0 Å². The van der Waals surface area contributed by atoms with Crippen LogP contribution in [0, 0.1) is 0 Å². The van der Waals surface area contributed by atoms with E-state index < -0.39 is 5.60 Å². The molecule has 8 nitrogen and oxygen atoms in total. The fourth-order valence-corrected chi connectivity index (χ4v) is 4.05. The summed E-state index contributed by atoms with van der Waals surface area (Å²) in [6.45, 7) is 6.52. The van der Waals surface area contributed by atoms with E-state index in [-0.39, 0.29) is 24.3 Å². The fourth-order valence-electron chi connectivity index (χ4n) is 4.05. The highest BCUT2D eigenvalue weighted by Crippen LogP contribution is 2.38. The maximum absolute atomic E-state index is 13.2. The second-order valence-corrected chi connectivity index (χ2v) is 9.04. The van der Waals surface area contributed by atoms with E-state index in [4.69, 9.17) is 4.74 Å². The molecule has 0 bridgehead atoms. The Hall–Kier alpha value is -3.39. The van der Waals surface area contributed by atoms with Gasteiger partial charge in [0.2, 0.25) is 5.91 Å². The first-order chi connectivity index (χ1) is 15.7. The summed E-state index contributed by atoms with van der Waals surface area (Å²) in [6.07, 6.45) is 0. The van der Waals surface area contributed by atoms with Crippen LogP contribution in [0.4, 0.5) is 5.69 Å². The van der Waals surface area contributed by atoms with Gasteiger partial charge in [-0.2, -0.15) is 0 Å². The van der Waals surface area contributed by atoms with Gasteiger partial charge >= 0.3 is 0 Å². The van der Waals surface area contributed by atoms with Gasteiger partial charge in [0.25, 0.3) is 11.8 Å². The van der Waals surface area contributed by atoms with Crippen molar-refractivity contribution in [3.05, 3.63) is 59.7 Å². The Labute approximate surface area is 194 Å². The lowest BCUT2D eigenvalue weighted by atomic mass is 10.0. The molecule has 2 heterocycles. The van der Waals surface area contributed by atoms with E-state index in [1.807, 2.05) is 42.3 Å². The highest BCUT2D eigenvalue weighted by molar-refractivity contribution is 6.07. The van der Waals surface area contributed by atoms with Gasteiger partial charge in [0.1, 0.15) is 12.3 Å². The smallest absolute Gasteiger partial charge is 0.271 e. The number of carbonyl (C=O) groups is 3. The van der Waals surface area contributed by atoms with Crippen LogP contribution in [-0.2, 0) is 16.1 Å². The number of nitrogens with one attached hydrogen (secondary N) is 1. The minimum absolute atomic E-state index is 0.0864. The van der Waals surface area contributed by atoms with E-state index in [9.17, 15) is 14.4 Å². The molecule has 2 aromatic rings. The first-order valence-corrected chi connectivity index (χ1v) is 11.2. The molecule has 0 aromatic heterocycles. The zero-order chi connectivity index (χ0) is 23.6. The standard InChI is InChI=1S/C25H30N4O4/c1-25(2)24(32)29(17-22(30)26-16-18-7-5-4-6-8-18)20-15-19(9-10-21(20)33-25)23(31)28-13-11-27(3)12-14-28/h4-10,15H,11-14,16-17H2,1-3H3,(H,26,30). The topological polar surface area (TPSA) is 82.2 Å². The molecule has 0 spiro atoms. The van der Waals surface area contributed by atoms with Crippen molar-refractivity contribution in [2.45, 2.75) is 26.0 Å². The summed E-state index contributed by atoms with van der Waals surface area (Å²) in [6, 6.07) is 14.7. The van der Waals surface area contributed by atoms with Gasteiger partial charge in [0.15, 0.2) is 5.60 Å². The minimum Gasteiger partial charge on any atom is -0.476 e. The molecule has 2 aliphatic rings. The number of rotatable bonds is 5. The van der Waals surface area contributed by atoms with Crippen molar-refractivity contribution in [3.8, 4) is 5.75 Å². The number of piperazine rings is 1. The van der Waals surface area contributed by atoms with Gasteiger partial charge in [-0.3, -0.25) is 19.3 Å². The zero-order valence-electron chi connectivity index (χ0n) is 19.3. The molecule has 0 unspecified atom stereocenters. The molecule has 3 amide bonds. The van der Waals surface area contributed by atoms with Gasteiger partial charge in [0.05, 0.1) is 5.69 Å². The molecular formula is C25H30N4O4. The molecule has 33 heavy (non-hydrogen) atoms. The summed E-state index contributed by atoms with van der Waals surface area (Å²) < 4.78 is 5.91. The van der Waals surface area contributed by atoms with E-state index in [1.165, 1.54) is 4.90 Å². The number of likely N-dealkylation sites (N-methyl/N-ethyl adjacent to an activating group) is 1. The monoisotopic (exact) mass is 450 g/mol. The predicted molar refractivity (Wildman–Crippen MR) is 125 cm³/mol. The number of hydrogen-bond donors (Lipinski definition) is 1. The SMILES string of the molecule is CN1CCN(C(=O)c2ccc3c(c2)N(CC(=O)NCc2ccccc2)C(=O)C(C)(C)O3)CC1. The first kappa shape index (κ1) is 22.8. The van der Waals surface area contributed by atoms with Crippen molar-refractivity contribution >= 4 is 23.4 Å². The summed E-state index contributed by atoms with van der Waals surface area (Å²) in [4.78, 5) is 44.4. The van der Waals surface area contributed by atoms with E-state index in [1.54, 1.807) is 32.0 Å². The third-order valence-electron chi connectivity index (χ3n) is 6.05. The number of benzene rings is 2. The number of amides is 3. The average Bonchev–Trinajstić information content (AvgIpc) is 2.81. The first-order valence-electron chi connectivity index (χ1n) is 11.2. The van der Waals surface area contributed by atoms with Crippen LogP contribution >= 0.6 is 0 Å². The van der Waals surface area contributed by atoms with Crippen LogP contribution in [0.25, 0.3) is 0 Å². The quantitative estimate of drug-likeness (QED) is 0.753. The summed E-state index contributed by atoms with van der Waals surface area (Å²) in [5.74, 6) is -0.220. The minimum atomic E-state index is -1.12. The van der Waals surface area contributed by atoms with E-state index in [2.05, 4.69) is 10.2 Å². The third kappa shape index (κ3) is 5.01. The van der Waals surface area contributed by atoms with Gasteiger partial charge in [-0.1, -0.05) is 30.3 Å². The highest BCUT2D eigenvalue weighted by atomic mass is 16.5. The second kappa shape index (κ2) is 9.23. The largest absolute Gasteiger partial charge is 0.476 e. The molecule has 0 saturated carbocycles. The van der Waals surface area contributed by atoms with Gasteiger partial charge in [-0.05, 0) is 44.7 Å². The van der Waals surface area contributed by atoms with Crippen LogP contribution < -0.4 is 15.0 Å². The number of nitrogens with zero attached hydrogens (tertiary/aromatic N) is 3. The fraction of sp³-hybridized carbons (Fsp3) is 0.400. The van der Waals surface area contributed by atoms with Crippen molar-refractivity contribution in [1.82, 2.24) is 15.1 Å². The Balaban J connectivity index is 1.54. The van der Waals surface area contributed by atoms with Crippen LogP contribution in [0.1, 0.15) is 29.8 Å². The number of fused-ring (bicyclic) bond motifs is 1. The molecular weight excluding hydrogens is 420 g/mol. The van der Waals surface area contributed by atoms with Crippen molar-refractivity contribution in [2.75, 3.05) is 44.7 Å². The van der Waals surface area contributed by atoms with Crippen LogP contribution in [0.5, 0.6) is 5.75 Å². The van der Waals surface area contributed by atoms with Crippen molar-refractivity contribution in [2.24, 2.45) is 0 Å². The molecule has 0 aliphatic carbocycles. The van der Waals surface area contributed by atoms with Gasteiger partial charge in [0, 0.05) is 38.3 Å². The number of anilines is 1. The molecule has 0 atom stereocenters. The third-order valence-corrected chi connectivity index (χ3v) is 6.05. The summed E-state index contributed by atoms with van der Waals surface area (Å²) >= 11 is 0. The number of carbonyl (C=O) groups excluding carboxylic acids is 3. The Kier molecular flexibility index (Phi) is 6.37. The van der Waals surface area contributed by atoms with Crippen LogP contribution in [0.15, 0.2) is 48.5 Å². The summed E-state index contributed by atoms with van der Waals surface area (Å²) in [5, 5.41) is 2.86. The molecule has 1 saturated heterocycles. The Morgan fingerprint density at radius 1 is 1.03 bits per heavy atom. The van der Waals surface area contributed by atoms with Gasteiger partial charge in [-0.15, -0.1) is 0 Å². The number of ether oxygens (including phenoxy) is 1. The van der Waals surface area contributed by atoms with Crippen molar-refractivity contribution in [1.29, 1.82) is 0 Å². The van der Waals surface area contributed by atoms with Gasteiger partial charge in [-0.25, -0.2) is 0 Å². The van der Waals surface area contributed by atoms with E-state index in [0.717, 1.165) is 18.7 Å². The molecule has 2 aliphatic heterocycles. The molecule has 0 radical (unpaired) electrons. The average molecular weight is 451 g/mol. The summed E-state index contributed by atoms with van der Waals surface area (Å²) in [5.41, 5.74) is 0.772. The molecule has 2 aromatic carbocycles. The Bertz CT molecular complexity index is 1050. The second-order valence-electron chi connectivity index (χ2n) is 9.04. The lowest BCUT2D eigenvalue weighted by Gasteiger charge is -2.39. The highest BCUT2D eigenvalue weighted by Gasteiger charge is 2.42. The lowest BCUT2D eigenvalue weighted by Crippen LogP contribution is -2.55. The van der Waals surface area contributed by atoms with Crippen LogP contribution in [-0.4, -0.2) is 72.9 Å². The van der Waals surface area contributed by atoms with E-state index in [0.29, 0.717) is 36.6 Å². The lowest BCUT2D eigenvalue weighted by molar-refractivity contribution is -0.134. The van der Waals surface area contributed by atoms with Crippen molar-refractivity contribution < 1.29 is 19.1 Å². The molecule has 4 rings (SSSR count). The maximum Gasteiger partial charge on any atom is 0.271 e. The normalized spacial score (nSPS) is 17.8. The predicted octanol–water partition coefficient (Wildman–Crippen LogP) is 1.89. The zero-order valence-corrected chi connectivity index (χ0v) is 19.3. The molecule has 1 fully saturated rings. The Morgan fingerprint density at radius 2 is 1.73 bits per heavy atom.